The van der Waals surface area contributed by atoms with Crippen LogP contribution in [0.3, 0.4) is 0 Å². The topological polar surface area (TPSA) is 93.3 Å². The second-order valence-corrected chi connectivity index (χ2v) is 4.99. The summed E-state index contributed by atoms with van der Waals surface area (Å²) in [6.45, 7) is 2.52. The number of carboxylic acid groups (broad SMARTS) is 1. The molecule has 0 saturated heterocycles. The summed E-state index contributed by atoms with van der Waals surface area (Å²) in [6.07, 6.45) is -4.80. The van der Waals surface area contributed by atoms with Gasteiger partial charge < -0.3 is 5.11 Å². The summed E-state index contributed by atoms with van der Waals surface area (Å²) in [5, 5.41) is 20.7. The molecule has 0 radical (unpaired) electrons. The number of alkyl halides is 3. The smallest absolute Gasteiger partial charge is 0.417 e. The third kappa shape index (κ3) is 2.92. The fraction of sp³-hybridized carbons (Fsp3) is 0.200. The van der Waals surface area contributed by atoms with Crippen molar-refractivity contribution >= 4 is 11.7 Å². The Balaban J connectivity index is 3.04. The Bertz CT molecular complexity index is 809. The molecule has 0 aliphatic carbocycles. The summed E-state index contributed by atoms with van der Waals surface area (Å²) in [7, 11) is 0. The van der Waals surface area contributed by atoms with Crippen LogP contribution in [-0.4, -0.2) is 21.0 Å². The minimum absolute atomic E-state index is 0.0995. The highest BCUT2D eigenvalue weighted by Crippen LogP contribution is 2.43. The van der Waals surface area contributed by atoms with Crippen LogP contribution in [0.2, 0.25) is 0 Å². The quantitative estimate of drug-likeness (QED) is 0.673. The van der Waals surface area contributed by atoms with E-state index < -0.39 is 45.0 Å². The molecule has 1 N–H and O–H groups in total. The number of nitro groups is 1. The Morgan fingerprint density at radius 1 is 1.21 bits per heavy atom. The van der Waals surface area contributed by atoms with Gasteiger partial charge in [-0.3, -0.25) is 15.1 Å². The Morgan fingerprint density at radius 3 is 2.29 bits per heavy atom. The van der Waals surface area contributed by atoms with Gasteiger partial charge in [-0.15, -0.1) is 0 Å². The summed E-state index contributed by atoms with van der Waals surface area (Å²) in [5.74, 6) is -1.59. The van der Waals surface area contributed by atoms with E-state index in [4.69, 9.17) is 0 Å². The highest BCUT2D eigenvalue weighted by molar-refractivity contribution is 6.00. The summed E-state index contributed by atoms with van der Waals surface area (Å²) in [4.78, 5) is 25.7. The van der Waals surface area contributed by atoms with Gasteiger partial charge in [-0.1, -0.05) is 18.2 Å². The molecule has 0 amide bonds. The van der Waals surface area contributed by atoms with Crippen LogP contribution < -0.4 is 0 Å². The maximum Gasteiger partial charge on any atom is 0.417 e. The zero-order valence-corrected chi connectivity index (χ0v) is 12.5. The van der Waals surface area contributed by atoms with Gasteiger partial charge in [0.05, 0.1) is 27.3 Å². The zero-order valence-electron chi connectivity index (χ0n) is 12.5. The summed E-state index contributed by atoms with van der Waals surface area (Å²) in [5.41, 5.74) is -3.94. The number of aromatic nitrogens is 1. The van der Waals surface area contributed by atoms with Crippen molar-refractivity contribution in [1.29, 1.82) is 0 Å². The molecular weight excluding hydrogens is 329 g/mol. The van der Waals surface area contributed by atoms with E-state index in [9.17, 15) is 33.2 Å². The van der Waals surface area contributed by atoms with Crippen LogP contribution in [0.1, 0.15) is 27.3 Å². The Kier molecular flexibility index (Phi) is 4.28. The molecule has 1 aromatic heterocycles. The number of hydrogen-bond acceptors (Lipinski definition) is 4. The van der Waals surface area contributed by atoms with E-state index in [0.29, 0.717) is 0 Å². The largest absolute Gasteiger partial charge is 0.478 e. The average molecular weight is 340 g/mol. The number of rotatable bonds is 3. The number of aryl methyl sites for hydroxylation is 2. The van der Waals surface area contributed by atoms with Gasteiger partial charge in [-0.2, -0.15) is 13.2 Å². The van der Waals surface area contributed by atoms with Crippen molar-refractivity contribution in [1.82, 2.24) is 4.98 Å². The van der Waals surface area contributed by atoms with Gasteiger partial charge >= 0.3 is 12.1 Å². The van der Waals surface area contributed by atoms with Gasteiger partial charge in [-0.25, -0.2) is 4.79 Å². The van der Waals surface area contributed by atoms with Gasteiger partial charge in [0.1, 0.15) is 5.69 Å². The molecule has 2 rings (SSSR count). The lowest BCUT2D eigenvalue weighted by atomic mass is 9.92. The first-order valence-corrected chi connectivity index (χ1v) is 6.61. The Hall–Kier alpha value is -2.97. The molecule has 1 heterocycles. The molecule has 0 spiro atoms. The van der Waals surface area contributed by atoms with E-state index in [-0.39, 0.29) is 11.4 Å². The van der Waals surface area contributed by atoms with Crippen LogP contribution in [-0.2, 0) is 6.18 Å². The van der Waals surface area contributed by atoms with Crippen LogP contribution in [0.5, 0.6) is 0 Å². The lowest BCUT2D eigenvalue weighted by Crippen LogP contribution is -2.13. The van der Waals surface area contributed by atoms with E-state index in [1.165, 1.54) is 19.9 Å². The normalized spacial score (nSPS) is 11.4. The molecule has 0 fully saturated rings. The van der Waals surface area contributed by atoms with E-state index in [1.807, 2.05) is 0 Å². The molecule has 0 aliphatic heterocycles. The van der Waals surface area contributed by atoms with Crippen LogP contribution in [0.25, 0.3) is 11.1 Å². The van der Waals surface area contributed by atoms with Crippen molar-refractivity contribution in [3.63, 3.8) is 0 Å². The molecule has 0 bridgehead atoms. The number of hydrogen-bond donors (Lipinski definition) is 1. The number of aromatic carboxylic acids is 1. The molecule has 6 nitrogen and oxygen atoms in total. The predicted molar refractivity (Wildman–Crippen MR) is 77.8 cm³/mol. The van der Waals surface area contributed by atoms with E-state index in [0.717, 1.165) is 18.2 Å². The second-order valence-electron chi connectivity index (χ2n) is 4.99. The number of carbonyl (C=O) groups is 1. The average Bonchev–Trinajstić information content (AvgIpc) is 2.44. The molecule has 0 aliphatic rings. The fourth-order valence-corrected chi connectivity index (χ4v) is 2.54. The number of nitrogens with zero attached hydrogens (tertiary/aromatic N) is 2. The summed E-state index contributed by atoms with van der Waals surface area (Å²) < 4.78 is 39.8. The van der Waals surface area contributed by atoms with Gasteiger partial charge in [0.15, 0.2) is 0 Å². The summed E-state index contributed by atoms with van der Waals surface area (Å²) in [6, 6.07) is 4.14. The summed E-state index contributed by atoms with van der Waals surface area (Å²) >= 11 is 0. The number of benzene rings is 1. The molecule has 1 aromatic carbocycles. The van der Waals surface area contributed by atoms with Crippen LogP contribution >= 0.6 is 0 Å². The minimum atomic E-state index is -4.80. The van der Waals surface area contributed by atoms with Crippen LogP contribution in [0, 0.1) is 24.0 Å². The molecule has 2 aromatic rings. The van der Waals surface area contributed by atoms with E-state index in [1.54, 1.807) is 0 Å². The first-order valence-electron chi connectivity index (χ1n) is 6.61. The third-order valence-corrected chi connectivity index (χ3v) is 3.42. The lowest BCUT2D eigenvalue weighted by molar-refractivity contribution is -0.385. The molecule has 0 atom stereocenters. The van der Waals surface area contributed by atoms with Crippen LogP contribution in [0.15, 0.2) is 24.3 Å². The van der Waals surface area contributed by atoms with Crippen molar-refractivity contribution in [3.8, 4) is 11.1 Å². The number of pyridine rings is 1. The predicted octanol–water partition coefficient (Wildman–Crippen LogP) is 3.99. The first kappa shape index (κ1) is 17.4. The van der Waals surface area contributed by atoms with Gasteiger partial charge in [0.2, 0.25) is 0 Å². The van der Waals surface area contributed by atoms with Crippen molar-refractivity contribution in [2.75, 3.05) is 0 Å². The molecule has 9 heteroatoms. The Labute approximate surface area is 133 Å². The molecular formula is C15H11F3N2O4. The van der Waals surface area contributed by atoms with Gasteiger partial charge in [0.25, 0.3) is 5.69 Å². The molecule has 126 valence electrons. The van der Waals surface area contributed by atoms with E-state index in [2.05, 4.69) is 4.98 Å². The lowest BCUT2D eigenvalue weighted by Gasteiger charge is -2.16. The second kappa shape index (κ2) is 5.91. The SMILES string of the molecule is Cc1nc(C)c([N+](=O)[O-])c(-c2ccccc2C(F)(F)F)c1C(=O)O. The van der Waals surface area contributed by atoms with E-state index >= 15 is 0 Å². The zero-order chi connectivity index (χ0) is 18.2. The van der Waals surface area contributed by atoms with Crippen molar-refractivity contribution < 1.29 is 28.0 Å². The Morgan fingerprint density at radius 2 is 1.79 bits per heavy atom. The van der Waals surface area contributed by atoms with Gasteiger partial charge in [-0.05, 0) is 19.9 Å². The molecule has 24 heavy (non-hydrogen) atoms. The molecule has 0 saturated carbocycles. The maximum absolute atomic E-state index is 13.3. The first-order chi connectivity index (χ1) is 11.1. The van der Waals surface area contributed by atoms with Crippen LogP contribution in [0.4, 0.5) is 18.9 Å². The number of carboxylic acids is 1. The minimum Gasteiger partial charge on any atom is -0.478 e. The highest BCUT2D eigenvalue weighted by atomic mass is 19.4. The van der Waals surface area contributed by atoms with Gasteiger partial charge in [0, 0.05) is 5.56 Å². The highest BCUT2D eigenvalue weighted by Gasteiger charge is 2.38. The molecule has 0 unspecified atom stereocenters. The van der Waals surface area contributed by atoms with Crippen molar-refractivity contribution in [2.24, 2.45) is 0 Å². The number of halogens is 3. The monoisotopic (exact) mass is 340 g/mol. The standard InChI is InChI=1S/C15H11F3N2O4/c1-7-11(14(21)22)12(13(20(23)24)8(2)19-7)9-5-3-4-6-10(9)15(16,17)18/h3-6H,1-2H3,(H,21,22). The fourth-order valence-electron chi connectivity index (χ4n) is 2.54. The third-order valence-electron chi connectivity index (χ3n) is 3.42. The van der Waals surface area contributed by atoms with Crippen molar-refractivity contribution in [2.45, 2.75) is 20.0 Å². The maximum atomic E-state index is 13.3. The van der Waals surface area contributed by atoms with Crippen molar-refractivity contribution in [3.05, 3.63) is 56.9 Å².